The Labute approximate surface area is 135 Å². The van der Waals surface area contributed by atoms with Gasteiger partial charge in [-0.3, -0.25) is 9.82 Å². The Morgan fingerprint density at radius 2 is 2.10 bits per heavy atom. The Hall–Kier alpha value is -1.40. The molecule has 0 amide bonds. The summed E-state index contributed by atoms with van der Waals surface area (Å²) in [5, 5.41) is 16.2. The molecule has 2 rings (SSSR count). The van der Waals surface area contributed by atoms with Crippen LogP contribution in [0.25, 0.3) is 0 Å². The van der Waals surface area contributed by atoms with Gasteiger partial charge in [-0.05, 0) is 24.5 Å². The predicted molar refractivity (Wildman–Crippen MR) is 82.4 cm³/mol. The molecule has 0 radical (unpaired) electrons. The van der Waals surface area contributed by atoms with Crippen molar-refractivity contribution < 1.29 is 8.42 Å². The van der Waals surface area contributed by atoms with Crippen LogP contribution in [0.1, 0.15) is 5.56 Å². The fourth-order valence-corrected chi connectivity index (χ4v) is 3.39. The van der Waals surface area contributed by atoms with E-state index in [1.807, 2.05) is 6.07 Å². The van der Waals surface area contributed by atoms with E-state index < -0.39 is 10.0 Å². The molecule has 21 heavy (non-hydrogen) atoms. The molecular weight excluding hydrogens is 355 g/mol. The molecule has 110 valence electrons. The highest BCUT2D eigenvalue weighted by Gasteiger charge is 2.20. The zero-order chi connectivity index (χ0) is 15.6. The van der Waals surface area contributed by atoms with Gasteiger partial charge in [-0.2, -0.15) is 10.4 Å². The van der Waals surface area contributed by atoms with E-state index >= 15 is 0 Å². The summed E-state index contributed by atoms with van der Waals surface area (Å²) in [6.07, 6.45) is 1.73. The number of sulfonamides is 1. The van der Waals surface area contributed by atoms with Crippen molar-refractivity contribution >= 4 is 50.8 Å². The van der Waals surface area contributed by atoms with E-state index in [0.29, 0.717) is 5.03 Å². The first kappa shape index (κ1) is 16.0. The second-order valence-corrected chi connectivity index (χ2v) is 7.07. The number of H-pyrrole nitrogens is 1. The zero-order valence-corrected chi connectivity index (χ0v) is 13.7. The first-order chi connectivity index (χ1) is 9.89. The van der Waals surface area contributed by atoms with E-state index in [9.17, 15) is 8.42 Å². The number of hydrogen-bond donors (Lipinski definition) is 2. The number of nitriles is 1. The molecule has 2 aromatic rings. The number of benzene rings is 1. The Morgan fingerprint density at radius 3 is 2.67 bits per heavy atom. The molecule has 0 spiro atoms. The number of nitrogens with one attached hydrogen (secondary N) is 2. The van der Waals surface area contributed by atoms with Gasteiger partial charge in [0, 0.05) is 0 Å². The van der Waals surface area contributed by atoms with Crippen molar-refractivity contribution in [1.29, 1.82) is 5.26 Å². The van der Waals surface area contributed by atoms with Crippen LogP contribution < -0.4 is 4.72 Å². The molecule has 6 nitrogen and oxygen atoms in total. The second kappa shape index (κ2) is 6.15. The standard InChI is InChI=1S/C11H8Cl2N4O2S2/c1-20-11-7(5-14)10(15-16-11)17-21(18,19)6-2-3-8(12)9(13)4-6/h2-4H,1H3,(H2,15,16,17). The molecule has 1 heterocycles. The summed E-state index contributed by atoms with van der Waals surface area (Å²) in [7, 11) is -3.90. The lowest BCUT2D eigenvalue weighted by molar-refractivity contribution is 0.601. The topological polar surface area (TPSA) is 98.6 Å². The van der Waals surface area contributed by atoms with E-state index in [1.165, 1.54) is 30.0 Å². The van der Waals surface area contributed by atoms with E-state index in [4.69, 9.17) is 28.5 Å². The summed E-state index contributed by atoms with van der Waals surface area (Å²) < 4.78 is 26.8. The minimum atomic E-state index is -3.90. The minimum Gasteiger partial charge on any atom is -0.263 e. The normalized spacial score (nSPS) is 11.1. The molecule has 0 bridgehead atoms. The van der Waals surface area contributed by atoms with Gasteiger partial charge in [0.15, 0.2) is 5.82 Å². The van der Waals surface area contributed by atoms with Crippen molar-refractivity contribution in [2.24, 2.45) is 0 Å². The van der Waals surface area contributed by atoms with Gasteiger partial charge in [0.05, 0.1) is 14.9 Å². The third kappa shape index (κ3) is 3.27. The lowest BCUT2D eigenvalue weighted by Gasteiger charge is -2.07. The second-order valence-electron chi connectivity index (χ2n) is 3.78. The van der Waals surface area contributed by atoms with Crippen molar-refractivity contribution in [2.75, 3.05) is 11.0 Å². The number of rotatable bonds is 4. The summed E-state index contributed by atoms with van der Waals surface area (Å²) >= 11 is 12.8. The number of anilines is 1. The van der Waals surface area contributed by atoms with Crippen LogP contribution in [0.2, 0.25) is 10.0 Å². The number of halogens is 2. The quantitative estimate of drug-likeness (QED) is 0.814. The molecule has 0 fully saturated rings. The highest BCUT2D eigenvalue weighted by atomic mass is 35.5. The SMILES string of the molecule is CSc1n[nH]c(NS(=O)(=O)c2ccc(Cl)c(Cl)c2)c1C#N. The summed E-state index contributed by atoms with van der Waals surface area (Å²) in [6, 6.07) is 5.82. The van der Waals surface area contributed by atoms with Crippen LogP contribution >= 0.6 is 35.0 Å². The average Bonchev–Trinajstić information content (AvgIpc) is 2.82. The predicted octanol–water partition coefficient (Wildman–Crippen LogP) is 3.11. The molecule has 1 aromatic heterocycles. The van der Waals surface area contributed by atoms with Crippen molar-refractivity contribution in [2.45, 2.75) is 9.92 Å². The fourth-order valence-electron chi connectivity index (χ4n) is 1.49. The van der Waals surface area contributed by atoms with Crippen molar-refractivity contribution in [1.82, 2.24) is 10.2 Å². The largest absolute Gasteiger partial charge is 0.263 e. The summed E-state index contributed by atoms with van der Waals surface area (Å²) in [6.45, 7) is 0. The lowest BCUT2D eigenvalue weighted by atomic mass is 10.4. The molecule has 0 saturated heterocycles. The van der Waals surface area contributed by atoms with Crippen LogP contribution in [0.5, 0.6) is 0 Å². The highest BCUT2D eigenvalue weighted by molar-refractivity contribution is 7.98. The van der Waals surface area contributed by atoms with E-state index in [1.54, 1.807) is 6.26 Å². The third-order valence-corrected chi connectivity index (χ3v) is 5.24. The minimum absolute atomic E-state index is 0.00734. The monoisotopic (exact) mass is 362 g/mol. The maximum Gasteiger partial charge on any atom is 0.263 e. The van der Waals surface area contributed by atoms with Crippen LogP contribution in [0.4, 0.5) is 5.82 Å². The molecule has 0 atom stereocenters. The maximum atomic E-state index is 12.3. The van der Waals surface area contributed by atoms with Gasteiger partial charge >= 0.3 is 0 Å². The van der Waals surface area contributed by atoms with E-state index in [0.717, 1.165) is 0 Å². The van der Waals surface area contributed by atoms with Crippen molar-refractivity contribution in [3.8, 4) is 6.07 Å². The Kier molecular flexibility index (Phi) is 4.68. The Bertz CT molecular complexity index is 827. The molecule has 10 heteroatoms. The molecule has 0 aliphatic carbocycles. The van der Waals surface area contributed by atoms with Crippen LogP contribution in [-0.4, -0.2) is 24.9 Å². The van der Waals surface area contributed by atoms with Crippen LogP contribution in [0, 0.1) is 11.3 Å². The van der Waals surface area contributed by atoms with Gasteiger partial charge in [0.1, 0.15) is 16.7 Å². The van der Waals surface area contributed by atoms with E-state index in [2.05, 4.69) is 14.9 Å². The highest BCUT2D eigenvalue weighted by Crippen LogP contribution is 2.28. The maximum absolute atomic E-state index is 12.3. The number of hydrogen-bond acceptors (Lipinski definition) is 5. The third-order valence-electron chi connectivity index (χ3n) is 2.48. The van der Waals surface area contributed by atoms with Crippen molar-refractivity contribution in [3.05, 3.63) is 33.8 Å². The fraction of sp³-hybridized carbons (Fsp3) is 0.0909. The van der Waals surface area contributed by atoms with Crippen LogP contribution in [-0.2, 0) is 10.0 Å². The molecular formula is C11H8Cl2N4O2S2. The molecule has 0 unspecified atom stereocenters. The van der Waals surface area contributed by atoms with Gasteiger partial charge in [-0.15, -0.1) is 11.8 Å². The summed E-state index contributed by atoms with van der Waals surface area (Å²) in [5.74, 6) is 0.00734. The van der Waals surface area contributed by atoms with E-state index in [-0.39, 0.29) is 26.3 Å². The molecule has 2 N–H and O–H groups in total. The Balaban J connectivity index is 2.40. The van der Waals surface area contributed by atoms with Gasteiger partial charge in [0.2, 0.25) is 0 Å². The van der Waals surface area contributed by atoms with Gasteiger partial charge in [0.25, 0.3) is 10.0 Å². The zero-order valence-electron chi connectivity index (χ0n) is 10.5. The van der Waals surface area contributed by atoms with Gasteiger partial charge in [-0.1, -0.05) is 23.2 Å². The smallest absolute Gasteiger partial charge is 0.263 e. The first-order valence-electron chi connectivity index (χ1n) is 5.39. The van der Waals surface area contributed by atoms with Crippen LogP contribution in [0.3, 0.4) is 0 Å². The average molecular weight is 363 g/mol. The number of thioether (sulfide) groups is 1. The first-order valence-corrected chi connectivity index (χ1v) is 8.85. The molecule has 0 aliphatic heterocycles. The number of nitrogens with zero attached hydrogens (tertiary/aromatic N) is 2. The van der Waals surface area contributed by atoms with Crippen molar-refractivity contribution in [3.63, 3.8) is 0 Å². The summed E-state index contributed by atoms with van der Waals surface area (Å²) in [4.78, 5) is -0.0684. The molecule has 1 aromatic carbocycles. The summed E-state index contributed by atoms with van der Waals surface area (Å²) in [5.41, 5.74) is 0.131. The lowest BCUT2D eigenvalue weighted by Crippen LogP contribution is -2.14. The molecule has 0 saturated carbocycles. The van der Waals surface area contributed by atoms with Gasteiger partial charge in [-0.25, -0.2) is 8.42 Å². The number of aromatic amines is 1. The molecule has 0 aliphatic rings. The van der Waals surface area contributed by atoms with Crippen LogP contribution in [0.15, 0.2) is 28.1 Å². The number of aromatic nitrogens is 2. The van der Waals surface area contributed by atoms with Gasteiger partial charge < -0.3 is 0 Å². The Morgan fingerprint density at radius 1 is 1.38 bits per heavy atom.